The maximum absolute atomic E-state index is 5.67. The molecule has 0 saturated carbocycles. The maximum atomic E-state index is 5.67. The fourth-order valence-corrected chi connectivity index (χ4v) is 2.28. The molecule has 0 bridgehead atoms. The number of hydrazine groups is 1. The lowest BCUT2D eigenvalue weighted by atomic mass is 10.0. The van der Waals surface area contributed by atoms with E-state index in [1.165, 1.54) is 0 Å². The lowest BCUT2D eigenvalue weighted by molar-refractivity contribution is 0.471. The number of hydrogen-bond donors (Lipinski definition) is 2. The first-order valence-electron chi connectivity index (χ1n) is 6.55. The quantitative estimate of drug-likeness (QED) is 0.611. The zero-order valence-electron chi connectivity index (χ0n) is 11.7. The van der Waals surface area contributed by atoms with Gasteiger partial charge in [0.1, 0.15) is 23.7 Å². The van der Waals surface area contributed by atoms with Crippen LogP contribution in [0.2, 0.25) is 0 Å². The Kier molecular flexibility index (Phi) is 4.34. The van der Waals surface area contributed by atoms with Gasteiger partial charge in [-0.3, -0.25) is 16.0 Å². The summed E-state index contributed by atoms with van der Waals surface area (Å²) in [5, 5.41) is 4.23. The van der Waals surface area contributed by atoms with Gasteiger partial charge in [0.2, 0.25) is 0 Å². The zero-order valence-corrected chi connectivity index (χ0v) is 11.7. The highest BCUT2D eigenvalue weighted by Crippen LogP contribution is 2.23. The highest BCUT2D eigenvalue weighted by atomic mass is 16.3. The van der Waals surface area contributed by atoms with Crippen LogP contribution in [0.1, 0.15) is 42.3 Å². The van der Waals surface area contributed by atoms with Gasteiger partial charge in [0.25, 0.3) is 0 Å². The van der Waals surface area contributed by atoms with Crippen LogP contribution in [-0.2, 0) is 13.0 Å². The van der Waals surface area contributed by atoms with E-state index in [4.69, 9.17) is 10.3 Å². The van der Waals surface area contributed by atoms with Crippen LogP contribution in [0.25, 0.3) is 0 Å². The molecule has 2 rings (SSSR count). The summed E-state index contributed by atoms with van der Waals surface area (Å²) < 4.78 is 7.48. The number of aryl methyl sites for hydroxylation is 3. The SMILES string of the molecule is CCCn1ncnc1CC(NN)c1cc(C)oc1C. The maximum Gasteiger partial charge on any atom is 0.138 e. The molecule has 3 N–H and O–H groups in total. The molecule has 0 spiro atoms. The van der Waals surface area contributed by atoms with Crippen LogP contribution in [0.15, 0.2) is 16.8 Å². The Balaban J connectivity index is 2.19. The third-order valence-corrected chi connectivity index (χ3v) is 3.17. The number of rotatable bonds is 6. The first-order chi connectivity index (χ1) is 9.15. The van der Waals surface area contributed by atoms with Crippen molar-refractivity contribution in [3.63, 3.8) is 0 Å². The minimum absolute atomic E-state index is 0.0164. The predicted molar refractivity (Wildman–Crippen MR) is 72.3 cm³/mol. The van der Waals surface area contributed by atoms with E-state index >= 15 is 0 Å². The van der Waals surface area contributed by atoms with Crippen molar-refractivity contribution < 1.29 is 4.42 Å². The van der Waals surface area contributed by atoms with Gasteiger partial charge in [0.15, 0.2) is 0 Å². The van der Waals surface area contributed by atoms with Crippen molar-refractivity contribution in [2.24, 2.45) is 5.84 Å². The van der Waals surface area contributed by atoms with Gasteiger partial charge in [0.05, 0.1) is 6.04 Å². The number of nitrogens with zero attached hydrogens (tertiary/aromatic N) is 3. The van der Waals surface area contributed by atoms with Crippen molar-refractivity contribution >= 4 is 0 Å². The number of nitrogens with one attached hydrogen (secondary N) is 1. The van der Waals surface area contributed by atoms with E-state index in [-0.39, 0.29) is 6.04 Å². The number of hydrogen-bond acceptors (Lipinski definition) is 5. The Morgan fingerprint density at radius 3 is 2.84 bits per heavy atom. The standard InChI is InChI=1S/C13H21N5O/c1-4-5-18-13(15-8-16-18)7-12(17-14)11-6-9(2)19-10(11)3/h6,8,12,17H,4-5,7,14H2,1-3H3. The molecular formula is C13H21N5O. The van der Waals surface area contributed by atoms with E-state index in [1.807, 2.05) is 24.6 Å². The topological polar surface area (TPSA) is 81.9 Å². The first kappa shape index (κ1) is 13.8. The molecule has 0 aliphatic carbocycles. The van der Waals surface area contributed by atoms with Crippen molar-refractivity contribution in [3.8, 4) is 0 Å². The Morgan fingerprint density at radius 1 is 1.47 bits per heavy atom. The molecule has 0 aliphatic rings. The lowest BCUT2D eigenvalue weighted by Crippen LogP contribution is -2.30. The number of aromatic nitrogens is 3. The fourth-order valence-electron chi connectivity index (χ4n) is 2.28. The van der Waals surface area contributed by atoms with Crippen LogP contribution in [0.5, 0.6) is 0 Å². The van der Waals surface area contributed by atoms with Gasteiger partial charge in [-0.15, -0.1) is 0 Å². The molecule has 2 aromatic heterocycles. The van der Waals surface area contributed by atoms with E-state index in [0.717, 1.165) is 35.9 Å². The molecule has 6 nitrogen and oxygen atoms in total. The molecule has 19 heavy (non-hydrogen) atoms. The van der Waals surface area contributed by atoms with Gasteiger partial charge < -0.3 is 4.42 Å². The molecule has 1 unspecified atom stereocenters. The van der Waals surface area contributed by atoms with E-state index in [2.05, 4.69) is 22.4 Å². The normalized spacial score (nSPS) is 12.8. The van der Waals surface area contributed by atoms with Crippen LogP contribution >= 0.6 is 0 Å². The average Bonchev–Trinajstić information content (AvgIpc) is 2.94. The molecular weight excluding hydrogens is 242 g/mol. The van der Waals surface area contributed by atoms with Crippen molar-refractivity contribution in [2.45, 2.75) is 46.2 Å². The molecule has 0 aromatic carbocycles. The number of nitrogens with two attached hydrogens (primary N) is 1. The highest BCUT2D eigenvalue weighted by molar-refractivity contribution is 5.24. The van der Waals surface area contributed by atoms with Crippen molar-refractivity contribution in [3.05, 3.63) is 35.3 Å². The minimum Gasteiger partial charge on any atom is -0.466 e. The zero-order chi connectivity index (χ0) is 13.8. The molecule has 0 aliphatic heterocycles. The molecule has 0 amide bonds. The van der Waals surface area contributed by atoms with Crippen LogP contribution in [0.3, 0.4) is 0 Å². The van der Waals surface area contributed by atoms with Crippen molar-refractivity contribution in [1.82, 2.24) is 20.2 Å². The van der Waals surface area contributed by atoms with E-state index in [1.54, 1.807) is 6.33 Å². The van der Waals surface area contributed by atoms with Gasteiger partial charge in [0, 0.05) is 18.5 Å². The summed E-state index contributed by atoms with van der Waals surface area (Å²) in [6, 6.07) is 2.00. The molecule has 0 saturated heterocycles. The fraction of sp³-hybridized carbons (Fsp3) is 0.538. The summed E-state index contributed by atoms with van der Waals surface area (Å²) in [7, 11) is 0. The smallest absolute Gasteiger partial charge is 0.138 e. The largest absolute Gasteiger partial charge is 0.466 e. The Bertz CT molecular complexity index is 531. The second-order valence-corrected chi connectivity index (χ2v) is 4.69. The van der Waals surface area contributed by atoms with Crippen LogP contribution in [0.4, 0.5) is 0 Å². The summed E-state index contributed by atoms with van der Waals surface area (Å²) in [6.07, 6.45) is 3.31. The van der Waals surface area contributed by atoms with Crippen LogP contribution in [-0.4, -0.2) is 14.8 Å². The minimum atomic E-state index is -0.0164. The van der Waals surface area contributed by atoms with Crippen LogP contribution < -0.4 is 11.3 Å². The third-order valence-electron chi connectivity index (χ3n) is 3.17. The van der Waals surface area contributed by atoms with Gasteiger partial charge in [-0.2, -0.15) is 5.10 Å². The second-order valence-electron chi connectivity index (χ2n) is 4.69. The van der Waals surface area contributed by atoms with E-state index in [9.17, 15) is 0 Å². The Labute approximate surface area is 113 Å². The molecule has 2 aromatic rings. The van der Waals surface area contributed by atoms with Crippen molar-refractivity contribution in [2.75, 3.05) is 0 Å². The molecule has 1 atom stereocenters. The molecule has 2 heterocycles. The molecule has 6 heteroatoms. The lowest BCUT2D eigenvalue weighted by Gasteiger charge is -2.15. The molecule has 104 valence electrons. The van der Waals surface area contributed by atoms with Crippen molar-refractivity contribution in [1.29, 1.82) is 0 Å². The number of furan rings is 1. The molecule has 0 fully saturated rings. The van der Waals surface area contributed by atoms with Gasteiger partial charge >= 0.3 is 0 Å². The Morgan fingerprint density at radius 2 is 2.26 bits per heavy atom. The van der Waals surface area contributed by atoms with Gasteiger partial charge in [-0.25, -0.2) is 4.98 Å². The second kappa shape index (κ2) is 5.99. The molecule has 0 radical (unpaired) electrons. The summed E-state index contributed by atoms with van der Waals surface area (Å²) in [5.74, 6) is 8.39. The van der Waals surface area contributed by atoms with Gasteiger partial charge in [-0.05, 0) is 26.3 Å². The van der Waals surface area contributed by atoms with Gasteiger partial charge in [-0.1, -0.05) is 6.92 Å². The predicted octanol–water partition coefficient (Wildman–Crippen LogP) is 1.65. The monoisotopic (exact) mass is 263 g/mol. The van der Waals surface area contributed by atoms with E-state index < -0.39 is 0 Å². The summed E-state index contributed by atoms with van der Waals surface area (Å²) in [4.78, 5) is 4.31. The third kappa shape index (κ3) is 3.02. The first-order valence-corrected chi connectivity index (χ1v) is 6.55. The van der Waals surface area contributed by atoms with Crippen LogP contribution in [0, 0.1) is 13.8 Å². The average molecular weight is 263 g/mol. The summed E-state index contributed by atoms with van der Waals surface area (Å²) in [5.41, 5.74) is 3.91. The summed E-state index contributed by atoms with van der Waals surface area (Å²) in [6.45, 7) is 6.87. The highest BCUT2D eigenvalue weighted by Gasteiger charge is 2.19. The van der Waals surface area contributed by atoms with E-state index in [0.29, 0.717) is 6.42 Å². The Hall–Kier alpha value is -1.66. The summed E-state index contributed by atoms with van der Waals surface area (Å²) >= 11 is 0.